The zero-order valence-corrected chi connectivity index (χ0v) is 30.9. The minimum absolute atomic E-state index is 0.0480. The van der Waals surface area contributed by atoms with Gasteiger partial charge in [0.15, 0.2) is 0 Å². The number of hydrogen-bond donors (Lipinski definition) is 4. The van der Waals surface area contributed by atoms with Crippen LogP contribution in [0.2, 0.25) is 0 Å². The highest BCUT2D eigenvalue weighted by Crippen LogP contribution is 2.30. The number of carbonyl (C=O) groups is 4. The molecule has 4 N–H and O–H groups in total. The molecule has 0 aliphatic heterocycles. The predicted octanol–water partition coefficient (Wildman–Crippen LogP) is 5.44. The Morgan fingerprint density at radius 3 is 2.02 bits per heavy atom. The fourth-order valence-corrected chi connectivity index (χ4v) is 5.60. The van der Waals surface area contributed by atoms with Crippen molar-refractivity contribution < 1.29 is 33.9 Å². The first-order valence-electron chi connectivity index (χ1n) is 17.1. The van der Waals surface area contributed by atoms with Crippen LogP contribution >= 0.6 is 0 Å². The van der Waals surface area contributed by atoms with Gasteiger partial charge in [0.05, 0.1) is 42.8 Å². The van der Waals surface area contributed by atoms with Crippen molar-refractivity contribution in [2.75, 3.05) is 14.2 Å². The van der Waals surface area contributed by atoms with Crippen molar-refractivity contribution in [1.29, 1.82) is 0 Å². The lowest BCUT2D eigenvalue weighted by Crippen LogP contribution is -2.57. The third-order valence-corrected chi connectivity index (χ3v) is 8.47. The number of esters is 1. The van der Waals surface area contributed by atoms with Crippen molar-refractivity contribution in [2.45, 2.75) is 91.0 Å². The van der Waals surface area contributed by atoms with Crippen LogP contribution in [0.4, 0.5) is 9.59 Å². The van der Waals surface area contributed by atoms with E-state index < -0.39 is 53.2 Å². The summed E-state index contributed by atoms with van der Waals surface area (Å²) in [5.74, 6) is -1.56. The molecule has 12 heteroatoms. The van der Waals surface area contributed by atoms with E-state index in [0.29, 0.717) is 6.42 Å². The maximum Gasteiger partial charge on any atom is 0.431 e. The monoisotopic (exact) mass is 703 g/mol. The van der Waals surface area contributed by atoms with Crippen LogP contribution in [0.25, 0.3) is 11.3 Å². The molecule has 4 unspecified atom stereocenters. The number of pyridine rings is 1. The molecule has 4 atom stereocenters. The number of aromatic nitrogens is 1. The standard InChI is InChI=1S/C39H53N5O7/c1-38(2,3)30(25-34(46)50-8)35(47)42-29(22-27-17-19-28(20-18-27)31-16-12-13-21-41-31)24-33(45)32(23-26-14-10-9-11-15-26)43-36(48)44(39(4,5)6)51-37(49)40-7/h9-21,29-30,32-33,45H,22-25H2,1-8H3,(H,40,49)(H,42,47)(H,43,48). The highest BCUT2D eigenvalue weighted by molar-refractivity contribution is 5.84. The number of aliphatic hydroxyl groups excluding tert-OH is 1. The molecule has 276 valence electrons. The molecule has 0 saturated heterocycles. The number of carbonyl (C=O) groups excluding carboxylic acids is 4. The van der Waals surface area contributed by atoms with Crippen LogP contribution in [0.15, 0.2) is 79.0 Å². The van der Waals surface area contributed by atoms with Crippen LogP contribution in [-0.2, 0) is 32.0 Å². The first-order valence-corrected chi connectivity index (χ1v) is 17.1. The van der Waals surface area contributed by atoms with E-state index in [2.05, 4.69) is 20.9 Å². The van der Waals surface area contributed by atoms with Crippen molar-refractivity contribution in [3.05, 3.63) is 90.1 Å². The van der Waals surface area contributed by atoms with Crippen molar-refractivity contribution in [1.82, 2.24) is 26.0 Å². The summed E-state index contributed by atoms with van der Waals surface area (Å²) < 4.78 is 4.89. The Labute approximate surface area is 301 Å². The second-order valence-electron chi connectivity index (χ2n) is 14.7. The number of hydroxylamine groups is 2. The number of amides is 4. The Balaban J connectivity index is 1.96. The second-order valence-corrected chi connectivity index (χ2v) is 14.7. The maximum atomic E-state index is 13.9. The number of nitrogens with one attached hydrogen (secondary N) is 3. The zero-order valence-electron chi connectivity index (χ0n) is 30.9. The molecular formula is C39H53N5O7. The molecule has 0 fully saturated rings. The first kappa shape index (κ1) is 40.5. The summed E-state index contributed by atoms with van der Waals surface area (Å²) in [4.78, 5) is 61.7. The average Bonchev–Trinajstić information content (AvgIpc) is 3.08. The van der Waals surface area contributed by atoms with E-state index in [0.717, 1.165) is 27.4 Å². The zero-order chi connectivity index (χ0) is 37.8. The molecule has 3 rings (SSSR count). The molecule has 51 heavy (non-hydrogen) atoms. The van der Waals surface area contributed by atoms with E-state index in [1.165, 1.54) is 14.2 Å². The fraction of sp³-hybridized carbons (Fsp3) is 0.462. The van der Waals surface area contributed by atoms with Gasteiger partial charge in [-0.1, -0.05) is 81.4 Å². The van der Waals surface area contributed by atoms with Crippen LogP contribution < -0.4 is 16.0 Å². The van der Waals surface area contributed by atoms with E-state index in [1.54, 1.807) is 27.0 Å². The number of urea groups is 1. The molecule has 0 aliphatic carbocycles. The SMILES string of the molecule is CNC(=O)ON(C(=O)NC(Cc1ccccc1)C(O)CC(Cc1ccc(-c2ccccn2)cc1)NC(=O)C(CC(=O)OC)C(C)(C)C)C(C)(C)C. The number of ether oxygens (including phenoxy) is 1. The first-order chi connectivity index (χ1) is 24.0. The Morgan fingerprint density at radius 2 is 1.47 bits per heavy atom. The third-order valence-electron chi connectivity index (χ3n) is 8.47. The van der Waals surface area contributed by atoms with Gasteiger partial charge in [-0.15, -0.1) is 5.06 Å². The molecule has 0 spiro atoms. The fourth-order valence-electron chi connectivity index (χ4n) is 5.60. The quantitative estimate of drug-likeness (QED) is 0.135. The summed E-state index contributed by atoms with van der Waals surface area (Å²) in [5.41, 5.74) is 2.01. The lowest BCUT2D eigenvalue weighted by atomic mass is 9.78. The summed E-state index contributed by atoms with van der Waals surface area (Å²) in [6, 6.07) is 20.7. The topological polar surface area (TPSA) is 159 Å². The summed E-state index contributed by atoms with van der Waals surface area (Å²) in [5, 5.41) is 21.2. The van der Waals surface area contributed by atoms with E-state index in [-0.39, 0.29) is 25.2 Å². The van der Waals surface area contributed by atoms with Crippen LogP contribution in [-0.4, -0.2) is 77.0 Å². The van der Waals surface area contributed by atoms with Crippen molar-refractivity contribution in [3.63, 3.8) is 0 Å². The number of rotatable bonds is 13. The molecule has 0 saturated carbocycles. The Kier molecular flexibility index (Phi) is 14.5. The summed E-state index contributed by atoms with van der Waals surface area (Å²) in [6.45, 7) is 10.8. The molecule has 0 bridgehead atoms. The molecule has 0 aliphatic rings. The molecular weight excluding hydrogens is 650 g/mol. The lowest BCUT2D eigenvalue weighted by Gasteiger charge is -2.36. The molecule has 1 aromatic heterocycles. The van der Waals surface area contributed by atoms with E-state index in [1.807, 2.05) is 93.6 Å². The van der Waals surface area contributed by atoms with E-state index in [9.17, 15) is 24.3 Å². The predicted molar refractivity (Wildman–Crippen MR) is 195 cm³/mol. The minimum Gasteiger partial charge on any atom is -0.469 e. The Bertz CT molecular complexity index is 1570. The minimum atomic E-state index is -1.16. The van der Waals surface area contributed by atoms with Crippen molar-refractivity contribution >= 4 is 24.0 Å². The van der Waals surface area contributed by atoms with E-state index in [4.69, 9.17) is 9.57 Å². The van der Waals surface area contributed by atoms with Gasteiger partial charge < -0.3 is 30.6 Å². The van der Waals surface area contributed by atoms with Crippen LogP contribution in [0.3, 0.4) is 0 Å². The smallest absolute Gasteiger partial charge is 0.431 e. The van der Waals surface area contributed by atoms with Gasteiger partial charge in [-0.2, -0.15) is 0 Å². The summed E-state index contributed by atoms with van der Waals surface area (Å²) in [7, 11) is 2.67. The normalized spacial score (nSPS) is 13.9. The van der Waals surface area contributed by atoms with Crippen molar-refractivity contribution in [3.8, 4) is 11.3 Å². The van der Waals surface area contributed by atoms with Gasteiger partial charge in [-0.25, -0.2) is 9.59 Å². The third kappa shape index (κ3) is 12.7. The average molecular weight is 704 g/mol. The second kappa shape index (κ2) is 18.3. The Morgan fingerprint density at radius 1 is 0.843 bits per heavy atom. The number of nitrogens with zero attached hydrogens (tertiary/aromatic N) is 2. The number of methoxy groups -OCH3 is 1. The van der Waals surface area contributed by atoms with Gasteiger partial charge >= 0.3 is 18.1 Å². The molecule has 12 nitrogen and oxygen atoms in total. The summed E-state index contributed by atoms with van der Waals surface area (Å²) >= 11 is 0. The van der Waals surface area contributed by atoms with Gasteiger partial charge in [-0.3, -0.25) is 14.6 Å². The molecule has 1 heterocycles. The lowest BCUT2D eigenvalue weighted by molar-refractivity contribution is -0.146. The van der Waals surface area contributed by atoms with Crippen LogP contribution in [0.1, 0.15) is 65.5 Å². The number of aliphatic hydroxyl groups is 1. The van der Waals surface area contributed by atoms with Crippen LogP contribution in [0, 0.1) is 11.3 Å². The number of benzene rings is 2. The van der Waals surface area contributed by atoms with Gasteiger partial charge in [0, 0.05) is 24.8 Å². The van der Waals surface area contributed by atoms with Gasteiger partial charge in [0.2, 0.25) is 5.91 Å². The van der Waals surface area contributed by atoms with E-state index >= 15 is 0 Å². The highest BCUT2D eigenvalue weighted by atomic mass is 16.7. The van der Waals surface area contributed by atoms with Gasteiger partial charge in [0.25, 0.3) is 0 Å². The molecule has 2 aromatic carbocycles. The van der Waals surface area contributed by atoms with Crippen molar-refractivity contribution in [2.24, 2.45) is 11.3 Å². The maximum absolute atomic E-state index is 13.9. The van der Waals surface area contributed by atoms with Gasteiger partial charge in [0.1, 0.15) is 0 Å². The molecule has 0 radical (unpaired) electrons. The molecule has 4 amide bonds. The molecule has 3 aromatic rings. The Hall–Kier alpha value is -4.97. The largest absolute Gasteiger partial charge is 0.469 e. The summed E-state index contributed by atoms with van der Waals surface area (Å²) in [6.07, 6.45) is 0.276. The van der Waals surface area contributed by atoms with Crippen LogP contribution in [0.5, 0.6) is 0 Å². The number of hydrogen-bond acceptors (Lipinski definition) is 8. The highest BCUT2D eigenvalue weighted by Gasteiger charge is 2.37. The van der Waals surface area contributed by atoms with Gasteiger partial charge in [-0.05, 0) is 68.7 Å².